The number of halogens is 2. The fourth-order valence-corrected chi connectivity index (χ4v) is 2.35. The molecule has 18 heavy (non-hydrogen) atoms. The van der Waals surface area contributed by atoms with E-state index < -0.39 is 0 Å². The topological polar surface area (TPSA) is 41.5 Å². The summed E-state index contributed by atoms with van der Waals surface area (Å²) < 4.78 is 0. The SMILES string of the molecule is O=C(N/N=C\c1ccsc1)c1ccc(Cl)cc1Cl. The minimum Gasteiger partial charge on any atom is -0.267 e. The number of amides is 1. The molecule has 0 aliphatic rings. The van der Waals surface area contributed by atoms with Gasteiger partial charge in [0.1, 0.15) is 0 Å². The van der Waals surface area contributed by atoms with Gasteiger partial charge in [-0.25, -0.2) is 5.43 Å². The number of nitrogens with zero attached hydrogens (tertiary/aromatic N) is 1. The zero-order chi connectivity index (χ0) is 13.0. The number of nitrogens with one attached hydrogen (secondary N) is 1. The van der Waals surface area contributed by atoms with Crippen LogP contribution in [0.4, 0.5) is 0 Å². The third-order valence-corrected chi connectivity index (χ3v) is 3.35. The first-order chi connectivity index (χ1) is 8.66. The molecule has 0 atom stereocenters. The third-order valence-electron chi connectivity index (χ3n) is 2.10. The molecular weight excluding hydrogens is 291 g/mol. The van der Waals surface area contributed by atoms with Gasteiger partial charge in [-0.15, -0.1) is 0 Å². The number of hydrogen-bond donors (Lipinski definition) is 1. The van der Waals surface area contributed by atoms with Gasteiger partial charge in [-0.3, -0.25) is 4.79 Å². The number of thiophene rings is 1. The maximum Gasteiger partial charge on any atom is 0.272 e. The van der Waals surface area contributed by atoms with E-state index in [1.807, 2.05) is 16.8 Å². The summed E-state index contributed by atoms with van der Waals surface area (Å²) in [5.74, 6) is -0.372. The van der Waals surface area contributed by atoms with Crippen molar-refractivity contribution in [3.05, 3.63) is 56.2 Å². The van der Waals surface area contributed by atoms with Crippen molar-refractivity contribution in [3.8, 4) is 0 Å². The average Bonchev–Trinajstić information content (AvgIpc) is 2.81. The second kappa shape index (κ2) is 6.00. The molecule has 6 heteroatoms. The van der Waals surface area contributed by atoms with Crippen LogP contribution in [0, 0.1) is 0 Å². The minimum absolute atomic E-state index is 0.297. The van der Waals surface area contributed by atoms with Gasteiger partial charge < -0.3 is 0 Å². The highest BCUT2D eigenvalue weighted by Crippen LogP contribution is 2.20. The molecule has 1 aromatic carbocycles. The van der Waals surface area contributed by atoms with Crippen molar-refractivity contribution in [2.45, 2.75) is 0 Å². The molecular formula is C12H8Cl2N2OS. The summed E-state index contributed by atoms with van der Waals surface area (Å²) >= 11 is 13.2. The number of carbonyl (C=O) groups is 1. The van der Waals surface area contributed by atoms with Crippen LogP contribution in [0.1, 0.15) is 15.9 Å². The molecule has 0 saturated carbocycles. The van der Waals surface area contributed by atoms with E-state index in [-0.39, 0.29) is 5.91 Å². The first-order valence-corrected chi connectivity index (χ1v) is 6.67. The maximum absolute atomic E-state index is 11.8. The second-order valence-corrected chi connectivity index (χ2v) is 5.00. The molecule has 0 saturated heterocycles. The van der Waals surface area contributed by atoms with Crippen LogP contribution in [0.15, 0.2) is 40.1 Å². The lowest BCUT2D eigenvalue weighted by molar-refractivity contribution is 0.0955. The first kappa shape index (κ1) is 13.1. The van der Waals surface area contributed by atoms with E-state index in [2.05, 4.69) is 10.5 Å². The van der Waals surface area contributed by atoms with Crippen LogP contribution in [0.5, 0.6) is 0 Å². The molecule has 92 valence electrons. The summed E-state index contributed by atoms with van der Waals surface area (Å²) in [6.07, 6.45) is 1.57. The zero-order valence-electron chi connectivity index (χ0n) is 9.06. The molecule has 2 aromatic rings. The van der Waals surface area contributed by atoms with Crippen LogP contribution in [-0.4, -0.2) is 12.1 Å². The second-order valence-electron chi connectivity index (χ2n) is 3.38. The summed E-state index contributed by atoms with van der Waals surface area (Å²) in [4.78, 5) is 11.8. The number of benzene rings is 1. The quantitative estimate of drug-likeness (QED) is 0.679. The molecule has 0 spiro atoms. The zero-order valence-corrected chi connectivity index (χ0v) is 11.4. The molecule has 0 radical (unpaired) electrons. The molecule has 1 aromatic heterocycles. The average molecular weight is 299 g/mol. The van der Waals surface area contributed by atoms with Gasteiger partial charge in [-0.1, -0.05) is 23.2 Å². The molecule has 0 aliphatic heterocycles. The Morgan fingerprint density at radius 1 is 1.33 bits per heavy atom. The van der Waals surface area contributed by atoms with Crippen LogP contribution < -0.4 is 5.43 Å². The van der Waals surface area contributed by atoms with E-state index >= 15 is 0 Å². The van der Waals surface area contributed by atoms with E-state index in [0.29, 0.717) is 15.6 Å². The number of hydrogen-bond acceptors (Lipinski definition) is 3. The lowest BCUT2D eigenvalue weighted by atomic mass is 10.2. The Hall–Kier alpha value is -1.36. The minimum atomic E-state index is -0.372. The van der Waals surface area contributed by atoms with E-state index in [0.717, 1.165) is 5.56 Å². The van der Waals surface area contributed by atoms with Gasteiger partial charge in [0.2, 0.25) is 0 Å². The monoisotopic (exact) mass is 298 g/mol. The Morgan fingerprint density at radius 3 is 2.83 bits per heavy atom. The van der Waals surface area contributed by atoms with E-state index in [4.69, 9.17) is 23.2 Å². The predicted molar refractivity (Wildman–Crippen MR) is 75.8 cm³/mol. The summed E-state index contributed by atoms with van der Waals surface area (Å²) in [7, 11) is 0. The highest BCUT2D eigenvalue weighted by Gasteiger charge is 2.09. The Kier molecular flexibility index (Phi) is 4.36. The van der Waals surface area contributed by atoms with Gasteiger partial charge in [0, 0.05) is 10.6 Å². The highest BCUT2D eigenvalue weighted by atomic mass is 35.5. The fourth-order valence-electron chi connectivity index (χ4n) is 1.25. The largest absolute Gasteiger partial charge is 0.272 e. The number of carbonyl (C=O) groups excluding carboxylic acids is 1. The van der Waals surface area contributed by atoms with Crippen molar-refractivity contribution in [2.24, 2.45) is 5.10 Å². The summed E-state index contributed by atoms with van der Waals surface area (Å²) in [5, 5.41) is 8.48. The summed E-state index contributed by atoms with van der Waals surface area (Å²) in [5.41, 5.74) is 3.67. The lowest BCUT2D eigenvalue weighted by Crippen LogP contribution is -2.17. The van der Waals surface area contributed by atoms with Gasteiger partial charge >= 0.3 is 0 Å². The van der Waals surface area contributed by atoms with Crippen LogP contribution >= 0.6 is 34.5 Å². The van der Waals surface area contributed by atoms with Gasteiger partial charge in [0.25, 0.3) is 5.91 Å². The third kappa shape index (κ3) is 3.32. The highest BCUT2D eigenvalue weighted by molar-refractivity contribution is 7.08. The smallest absolute Gasteiger partial charge is 0.267 e. The van der Waals surface area contributed by atoms with Crippen molar-refractivity contribution in [1.29, 1.82) is 0 Å². The standard InChI is InChI=1S/C12H8Cl2N2OS/c13-9-1-2-10(11(14)5-9)12(17)16-15-6-8-3-4-18-7-8/h1-7H,(H,16,17)/b15-6-. The molecule has 0 aliphatic carbocycles. The van der Waals surface area contributed by atoms with Gasteiger partial charge in [-0.05, 0) is 35.0 Å². The lowest BCUT2D eigenvalue weighted by Gasteiger charge is -2.02. The Morgan fingerprint density at radius 2 is 2.17 bits per heavy atom. The van der Waals surface area contributed by atoms with Gasteiger partial charge in [0.05, 0.1) is 16.8 Å². The van der Waals surface area contributed by atoms with Crippen LogP contribution in [0.3, 0.4) is 0 Å². The maximum atomic E-state index is 11.8. The van der Waals surface area contributed by atoms with Crippen molar-refractivity contribution in [2.75, 3.05) is 0 Å². The molecule has 0 unspecified atom stereocenters. The summed E-state index contributed by atoms with van der Waals surface area (Å²) in [6, 6.07) is 6.57. The Balaban J connectivity index is 2.04. The van der Waals surface area contributed by atoms with Crippen molar-refractivity contribution in [3.63, 3.8) is 0 Å². The van der Waals surface area contributed by atoms with Crippen LogP contribution in [-0.2, 0) is 0 Å². The van der Waals surface area contributed by atoms with Gasteiger partial charge in [-0.2, -0.15) is 16.4 Å². The van der Waals surface area contributed by atoms with E-state index in [9.17, 15) is 4.79 Å². The van der Waals surface area contributed by atoms with E-state index in [1.54, 1.807) is 29.7 Å². The predicted octanol–water partition coefficient (Wildman–Crippen LogP) is 3.82. The normalized spacial score (nSPS) is 10.8. The number of hydrazone groups is 1. The van der Waals surface area contributed by atoms with E-state index in [1.165, 1.54) is 6.07 Å². The summed E-state index contributed by atoms with van der Waals surface area (Å²) in [6.45, 7) is 0. The first-order valence-electron chi connectivity index (χ1n) is 4.97. The van der Waals surface area contributed by atoms with Gasteiger partial charge in [0.15, 0.2) is 0 Å². The van der Waals surface area contributed by atoms with Crippen molar-refractivity contribution in [1.82, 2.24) is 5.43 Å². The number of rotatable bonds is 3. The molecule has 1 amide bonds. The molecule has 0 fully saturated rings. The molecule has 0 bridgehead atoms. The van der Waals surface area contributed by atoms with Crippen molar-refractivity contribution < 1.29 is 4.79 Å². The van der Waals surface area contributed by atoms with Crippen LogP contribution in [0.2, 0.25) is 10.0 Å². The molecule has 3 nitrogen and oxygen atoms in total. The Labute approximate surface area is 118 Å². The molecule has 1 heterocycles. The fraction of sp³-hybridized carbons (Fsp3) is 0. The van der Waals surface area contributed by atoms with Crippen LogP contribution in [0.25, 0.3) is 0 Å². The Bertz CT molecular complexity index is 582. The molecule has 2 rings (SSSR count). The van der Waals surface area contributed by atoms with Crippen molar-refractivity contribution >= 4 is 46.7 Å². The molecule has 1 N–H and O–H groups in total.